The first kappa shape index (κ1) is 7.53. The largest absolute Gasteiger partial charge is 0.347 e. The Morgan fingerprint density at radius 3 is 3.27 bits per heavy atom. The number of hydrogen-bond acceptors (Lipinski definition) is 2. The van der Waals surface area contributed by atoms with Gasteiger partial charge in [-0.1, -0.05) is 6.58 Å². The predicted molar refractivity (Wildman–Crippen MR) is 40.6 cm³/mol. The fraction of sp³-hybridized carbons (Fsp3) is 0.143. The van der Waals surface area contributed by atoms with E-state index in [2.05, 4.69) is 21.9 Å². The Morgan fingerprint density at radius 1 is 1.91 bits per heavy atom. The van der Waals surface area contributed by atoms with Crippen LogP contribution in [0.25, 0.3) is 0 Å². The average Bonchev–Trinajstić information content (AvgIpc) is 2.52. The smallest absolute Gasteiger partial charge is 0.243 e. The molecule has 0 spiro atoms. The van der Waals surface area contributed by atoms with Gasteiger partial charge in [0.2, 0.25) is 5.91 Å². The molecule has 1 aromatic rings. The van der Waals surface area contributed by atoms with Gasteiger partial charge in [0.25, 0.3) is 0 Å². The highest BCUT2D eigenvalue weighted by atomic mass is 16.1. The summed E-state index contributed by atoms with van der Waals surface area (Å²) < 4.78 is 0. The lowest BCUT2D eigenvalue weighted by atomic mass is 10.4. The first-order valence-corrected chi connectivity index (χ1v) is 3.20. The molecule has 0 radical (unpaired) electrons. The molecule has 0 bridgehead atoms. The van der Waals surface area contributed by atoms with Crippen molar-refractivity contribution in [1.29, 1.82) is 0 Å². The Bertz CT molecular complexity index is 240. The van der Waals surface area contributed by atoms with Crippen molar-refractivity contribution >= 4 is 5.91 Å². The molecule has 2 N–H and O–H groups in total. The number of carbonyl (C=O) groups is 1. The second-order valence-electron chi connectivity index (χ2n) is 2.00. The van der Waals surface area contributed by atoms with Gasteiger partial charge in [0.05, 0.1) is 18.6 Å². The minimum atomic E-state index is -0.181. The summed E-state index contributed by atoms with van der Waals surface area (Å²) in [4.78, 5) is 17.3. The van der Waals surface area contributed by atoms with Crippen molar-refractivity contribution in [1.82, 2.24) is 15.3 Å². The van der Waals surface area contributed by atoms with E-state index in [-0.39, 0.29) is 5.91 Å². The van der Waals surface area contributed by atoms with Crippen LogP contribution in [0.15, 0.2) is 25.2 Å². The van der Waals surface area contributed by atoms with Crippen LogP contribution in [0.4, 0.5) is 0 Å². The minimum absolute atomic E-state index is 0.181. The lowest BCUT2D eigenvalue weighted by molar-refractivity contribution is -0.116. The molecule has 1 heterocycles. The van der Waals surface area contributed by atoms with Gasteiger partial charge in [0.1, 0.15) is 0 Å². The highest BCUT2D eigenvalue weighted by Gasteiger charge is 1.94. The molecule has 11 heavy (non-hydrogen) atoms. The summed E-state index contributed by atoms with van der Waals surface area (Å²) in [6.07, 6.45) is 4.45. The van der Waals surface area contributed by atoms with Crippen molar-refractivity contribution in [3.8, 4) is 0 Å². The monoisotopic (exact) mass is 151 g/mol. The van der Waals surface area contributed by atoms with Gasteiger partial charge in [0, 0.05) is 6.20 Å². The van der Waals surface area contributed by atoms with E-state index in [1.165, 1.54) is 6.08 Å². The van der Waals surface area contributed by atoms with Gasteiger partial charge in [-0.15, -0.1) is 0 Å². The van der Waals surface area contributed by atoms with Crippen LogP contribution >= 0.6 is 0 Å². The van der Waals surface area contributed by atoms with Gasteiger partial charge < -0.3 is 10.3 Å². The van der Waals surface area contributed by atoms with E-state index < -0.39 is 0 Å². The standard InChI is InChI=1S/C7H9N3O/c1-2-7(11)9-4-6-3-8-5-10-6/h2-3,5H,1,4H2,(H,8,10)(H,9,11). The number of hydrogen-bond donors (Lipinski definition) is 2. The maximum absolute atomic E-state index is 10.6. The molecule has 1 aromatic heterocycles. The molecule has 58 valence electrons. The lowest BCUT2D eigenvalue weighted by Crippen LogP contribution is -2.19. The topological polar surface area (TPSA) is 57.8 Å². The normalized spacial score (nSPS) is 9.09. The van der Waals surface area contributed by atoms with Crippen LogP contribution in [0.1, 0.15) is 5.69 Å². The van der Waals surface area contributed by atoms with Gasteiger partial charge in [-0.05, 0) is 6.08 Å². The van der Waals surface area contributed by atoms with Gasteiger partial charge in [-0.2, -0.15) is 0 Å². The van der Waals surface area contributed by atoms with E-state index >= 15 is 0 Å². The van der Waals surface area contributed by atoms with Crippen LogP contribution in [0, 0.1) is 0 Å². The second-order valence-corrected chi connectivity index (χ2v) is 2.00. The molecular formula is C7H9N3O. The van der Waals surface area contributed by atoms with Gasteiger partial charge >= 0.3 is 0 Å². The van der Waals surface area contributed by atoms with Crippen LogP contribution in [0.2, 0.25) is 0 Å². The number of amides is 1. The Labute approximate surface area is 64.3 Å². The zero-order valence-corrected chi connectivity index (χ0v) is 6.00. The summed E-state index contributed by atoms with van der Waals surface area (Å²) in [7, 11) is 0. The van der Waals surface area contributed by atoms with Crippen molar-refractivity contribution < 1.29 is 4.79 Å². The fourth-order valence-electron chi connectivity index (χ4n) is 0.636. The number of nitrogens with one attached hydrogen (secondary N) is 2. The van der Waals surface area contributed by atoms with Crippen molar-refractivity contribution in [2.75, 3.05) is 0 Å². The molecule has 0 atom stereocenters. The van der Waals surface area contributed by atoms with E-state index in [1.807, 2.05) is 0 Å². The third kappa shape index (κ3) is 2.25. The van der Waals surface area contributed by atoms with Crippen LogP contribution < -0.4 is 5.32 Å². The van der Waals surface area contributed by atoms with Gasteiger partial charge in [-0.25, -0.2) is 4.98 Å². The summed E-state index contributed by atoms with van der Waals surface area (Å²) in [5.74, 6) is -0.181. The predicted octanol–water partition coefficient (Wildman–Crippen LogP) is 0.212. The van der Waals surface area contributed by atoms with Crippen LogP contribution in [0.3, 0.4) is 0 Å². The maximum atomic E-state index is 10.6. The molecule has 1 amide bonds. The number of H-pyrrole nitrogens is 1. The maximum Gasteiger partial charge on any atom is 0.243 e. The number of aromatic amines is 1. The SMILES string of the molecule is C=CC(=O)NCc1cnc[nH]1. The Morgan fingerprint density at radius 2 is 2.73 bits per heavy atom. The zero-order valence-electron chi connectivity index (χ0n) is 6.00. The van der Waals surface area contributed by atoms with Crippen LogP contribution in [-0.2, 0) is 11.3 Å². The molecule has 0 unspecified atom stereocenters. The number of imidazole rings is 1. The van der Waals surface area contributed by atoms with E-state index in [9.17, 15) is 4.79 Å². The molecule has 0 fully saturated rings. The summed E-state index contributed by atoms with van der Waals surface area (Å²) in [5.41, 5.74) is 0.875. The molecule has 0 aliphatic rings. The summed E-state index contributed by atoms with van der Waals surface area (Å²) in [5, 5.41) is 2.61. The minimum Gasteiger partial charge on any atom is -0.347 e. The Balaban J connectivity index is 2.34. The second kappa shape index (κ2) is 3.55. The highest BCUT2D eigenvalue weighted by Crippen LogP contribution is 1.88. The van der Waals surface area contributed by atoms with Gasteiger partial charge in [-0.3, -0.25) is 4.79 Å². The number of rotatable bonds is 3. The van der Waals surface area contributed by atoms with Crippen molar-refractivity contribution in [2.24, 2.45) is 0 Å². The number of nitrogens with zero attached hydrogens (tertiary/aromatic N) is 1. The summed E-state index contributed by atoms with van der Waals surface area (Å²) in [6, 6.07) is 0. The first-order chi connectivity index (χ1) is 5.33. The molecule has 0 aliphatic heterocycles. The Kier molecular flexibility index (Phi) is 2.43. The van der Waals surface area contributed by atoms with Crippen molar-refractivity contribution in [2.45, 2.75) is 6.54 Å². The molecule has 0 saturated carbocycles. The Hall–Kier alpha value is -1.58. The van der Waals surface area contributed by atoms with Crippen LogP contribution in [0.5, 0.6) is 0 Å². The highest BCUT2D eigenvalue weighted by molar-refractivity contribution is 5.86. The third-order valence-corrected chi connectivity index (χ3v) is 1.19. The van der Waals surface area contributed by atoms with Crippen molar-refractivity contribution in [3.05, 3.63) is 30.9 Å². The molecule has 1 rings (SSSR count). The lowest BCUT2D eigenvalue weighted by Gasteiger charge is -1.96. The van der Waals surface area contributed by atoms with E-state index in [0.29, 0.717) is 6.54 Å². The molecular weight excluding hydrogens is 142 g/mol. The molecule has 0 aromatic carbocycles. The van der Waals surface area contributed by atoms with E-state index in [4.69, 9.17) is 0 Å². The fourth-order valence-corrected chi connectivity index (χ4v) is 0.636. The molecule has 4 nitrogen and oxygen atoms in total. The van der Waals surface area contributed by atoms with Crippen molar-refractivity contribution in [3.63, 3.8) is 0 Å². The summed E-state index contributed by atoms with van der Waals surface area (Å²) in [6.45, 7) is 3.79. The van der Waals surface area contributed by atoms with Gasteiger partial charge in [0.15, 0.2) is 0 Å². The number of aromatic nitrogens is 2. The molecule has 0 saturated heterocycles. The molecule has 0 aliphatic carbocycles. The number of carbonyl (C=O) groups excluding carboxylic acids is 1. The molecule has 4 heteroatoms. The van der Waals surface area contributed by atoms with E-state index in [1.54, 1.807) is 12.5 Å². The van der Waals surface area contributed by atoms with E-state index in [0.717, 1.165) is 5.69 Å². The third-order valence-electron chi connectivity index (χ3n) is 1.19. The summed E-state index contributed by atoms with van der Waals surface area (Å²) >= 11 is 0. The average molecular weight is 151 g/mol. The van der Waals surface area contributed by atoms with Crippen LogP contribution in [-0.4, -0.2) is 15.9 Å². The zero-order chi connectivity index (χ0) is 8.10. The quantitative estimate of drug-likeness (QED) is 0.607. The first-order valence-electron chi connectivity index (χ1n) is 3.20.